The summed E-state index contributed by atoms with van der Waals surface area (Å²) in [5, 5.41) is 14.6. The molecule has 2 atom stereocenters. The van der Waals surface area contributed by atoms with Gasteiger partial charge in [0.2, 0.25) is 0 Å². The van der Waals surface area contributed by atoms with Crippen molar-refractivity contribution in [3.63, 3.8) is 0 Å². The first-order valence-electron chi connectivity index (χ1n) is 10.2. The Kier molecular flexibility index (Phi) is 6.60. The van der Waals surface area contributed by atoms with Gasteiger partial charge in [-0.1, -0.05) is 60.7 Å². The Labute approximate surface area is 189 Å². The van der Waals surface area contributed by atoms with Gasteiger partial charge in [0.1, 0.15) is 11.9 Å². The van der Waals surface area contributed by atoms with Crippen molar-refractivity contribution in [1.82, 2.24) is 10.0 Å². The third kappa shape index (κ3) is 4.86. The summed E-state index contributed by atoms with van der Waals surface area (Å²) in [6.45, 7) is 0. The largest absolute Gasteiger partial charge is 0.393 e. The number of nitrogens with zero attached hydrogens (tertiary/aromatic N) is 1. The smallest absolute Gasteiger partial charge is 0.140 e. The molecule has 1 aliphatic heterocycles. The highest BCUT2D eigenvalue weighted by Gasteiger charge is 2.18. The van der Waals surface area contributed by atoms with Crippen molar-refractivity contribution in [2.45, 2.75) is 12.5 Å². The fourth-order valence-electron chi connectivity index (χ4n) is 3.69. The van der Waals surface area contributed by atoms with Crippen LogP contribution < -0.4 is 10.0 Å². The van der Waals surface area contributed by atoms with E-state index >= 15 is 0 Å². The number of fused-ring (bicyclic) bond motifs is 1. The molecule has 4 rings (SSSR count). The van der Waals surface area contributed by atoms with Crippen LogP contribution in [0.1, 0.15) is 16.7 Å². The average molecular weight is 443 g/mol. The number of hydrogen-bond acceptors (Lipinski definition) is 3. The van der Waals surface area contributed by atoms with Gasteiger partial charge in [0.15, 0.2) is 0 Å². The molecular weight excluding hydrogens is 419 g/mol. The standard InChI is InChI=1S/C26H23FN4S/c1-30-17-26-22(13-18-7-11-25(27)23(14-18)16-28)9-10-24(31-32(26)29)15-19-6-8-20-4-2-3-5-21(20)12-19/h2-14,17,24,30H,15H2,1H3,(H2,29,31)/b22-13+,26-17+. The van der Waals surface area contributed by atoms with E-state index in [1.54, 1.807) is 13.1 Å². The molecule has 0 spiro atoms. The lowest BCUT2D eigenvalue weighted by atomic mass is 10.0. The van der Waals surface area contributed by atoms with Gasteiger partial charge in [-0.3, -0.25) is 4.78 Å². The number of allylic oxidation sites excluding steroid dienone is 2. The molecule has 0 radical (unpaired) electrons. The van der Waals surface area contributed by atoms with Crippen LogP contribution in [0.5, 0.6) is 0 Å². The molecule has 32 heavy (non-hydrogen) atoms. The van der Waals surface area contributed by atoms with Gasteiger partial charge in [0, 0.05) is 19.3 Å². The molecule has 1 aliphatic rings. The lowest BCUT2D eigenvalue weighted by Crippen LogP contribution is -2.30. The minimum absolute atomic E-state index is 0.00766. The van der Waals surface area contributed by atoms with Crippen LogP contribution in [-0.4, -0.2) is 13.1 Å². The molecule has 6 heteroatoms. The Morgan fingerprint density at radius 2 is 1.97 bits per heavy atom. The van der Waals surface area contributed by atoms with Gasteiger partial charge >= 0.3 is 0 Å². The molecule has 0 amide bonds. The van der Waals surface area contributed by atoms with E-state index in [-0.39, 0.29) is 11.6 Å². The van der Waals surface area contributed by atoms with Crippen LogP contribution in [0.25, 0.3) is 16.8 Å². The summed E-state index contributed by atoms with van der Waals surface area (Å²) in [7, 11) is 0.838. The number of nitrogens with one attached hydrogen (secondary N) is 3. The van der Waals surface area contributed by atoms with E-state index in [2.05, 4.69) is 46.4 Å². The molecule has 0 bridgehead atoms. The second-order valence-electron chi connectivity index (χ2n) is 7.52. The first-order valence-corrected chi connectivity index (χ1v) is 11.5. The van der Waals surface area contributed by atoms with Crippen LogP contribution in [-0.2, 0) is 17.3 Å². The summed E-state index contributed by atoms with van der Waals surface area (Å²) < 4.78 is 25.8. The van der Waals surface area contributed by atoms with Gasteiger partial charge in [-0.2, -0.15) is 5.26 Å². The highest BCUT2D eigenvalue weighted by molar-refractivity contribution is 7.88. The Hall–Kier alpha value is -3.53. The van der Waals surface area contributed by atoms with Gasteiger partial charge in [-0.25, -0.2) is 9.11 Å². The molecule has 160 valence electrons. The number of rotatable bonds is 4. The van der Waals surface area contributed by atoms with Crippen molar-refractivity contribution in [2.24, 2.45) is 0 Å². The third-order valence-electron chi connectivity index (χ3n) is 5.26. The molecule has 0 aliphatic carbocycles. The van der Waals surface area contributed by atoms with Crippen molar-refractivity contribution >= 4 is 27.7 Å². The highest BCUT2D eigenvalue weighted by atomic mass is 32.2. The number of benzene rings is 3. The zero-order valence-corrected chi connectivity index (χ0v) is 18.4. The molecule has 4 nitrogen and oxygen atoms in total. The summed E-state index contributed by atoms with van der Waals surface area (Å²) in [6, 6.07) is 21.1. The van der Waals surface area contributed by atoms with Gasteiger partial charge < -0.3 is 5.32 Å². The zero-order valence-electron chi connectivity index (χ0n) is 17.6. The van der Waals surface area contributed by atoms with Gasteiger partial charge in [0.05, 0.1) is 10.5 Å². The summed E-state index contributed by atoms with van der Waals surface area (Å²) >= 11 is 0. The summed E-state index contributed by atoms with van der Waals surface area (Å²) in [5.74, 6) is -0.533. The predicted octanol–water partition coefficient (Wildman–Crippen LogP) is 5.36. The maximum absolute atomic E-state index is 13.7. The molecule has 3 aromatic rings. The molecule has 2 unspecified atom stereocenters. The molecule has 0 saturated heterocycles. The van der Waals surface area contributed by atoms with E-state index in [1.165, 1.54) is 28.5 Å². The second-order valence-corrected chi connectivity index (χ2v) is 8.81. The quantitative estimate of drug-likeness (QED) is 0.509. The molecule has 3 aromatic carbocycles. The zero-order chi connectivity index (χ0) is 22.5. The second kappa shape index (κ2) is 9.73. The summed E-state index contributed by atoms with van der Waals surface area (Å²) in [6.07, 6.45) is 8.53. The molecule has 0 aromatic heterocycles. The number of hydrogen-bond donors (Lipinski definition) is 3. The summed E-state index contributed by atoms with van der Waals surface area (Å²) in [4.78, 5) is 0.799. The van der Waals surface area contributed by atoms with Crippen LogP contribution >= 0.6 is 0 Å². The molecule has 0 saturated carbocycles. The van der Waals surface area contributed by atoms with E-state index in [4.69, 9.17) is 10.0 Å². The fraction of sp³-hybridized carbons (Fsp3) is 0.115. The van der Waals surface area contributed by atoms with Crippen molar-refractivity contribution in [1.29, 1.82) is 10.0 Å². The van der Waals surface area contributed by atoms with Gasteiger partial charge in [-0.05, 0) is 63.0 Å². The normalized spacial score (nSPS) is 20.9. The van der Waals surface area contributed by atoms with E-state index in [9.17, 15) is 4.39 Å². The van der Waals surface area contributed by atoms with Crippen LogP contribution in [0.4, 0.5) is 4.39 Å². The van der Waals surface area contributed by atoms with Crippen LogP contribution in [0.3, 0.4) is 0 Å². The lowest BCUT2D eigenvalue weighted by Gasteiger charge is -2.16. The van der Waals surface area contributed by atoms with Crippen LogP contribution in [0.15, 0.2) is 89.5 Å². The van der Waals surface area contributed by atoms with E-state index in [0.717, 1.165) is 22.5 Å². The Morgan fingerprint density at radius 3 is 2.75 bits per heavy atom. The van der Waals surface area contributed by atoms with Gasteiger partial charge in [-0.15, -0.1) is 0 Å². The Bertz CT molecular complexity index is 1320. The SMILES string of the molecule is CN/C=C1\C(=C\c2ccc(F)c(C#N)c2)C=CC(Cc2ccc3ccccc3c2)NS1=N. The number of halogens is 1. The van der Waals surface area contributed by atoms with E-state index < -0.39 is 16.7 Å². The summed E-state index contributed by atoms with van der Waals surface area (Å²) in [5.41, 5.74) is 2.77. The minimum atomic E-state index is -0.963. The molecule has 0 fully saturated rings. The van der Waals surface area contributed by atoms with E-state index in [0.29, 0.717) is 0 Å². The monoisotopic (exact) mass is 442 g/mol. The Morgan fingerprint density at radius 1 is 1.16 bits per heavy atom. The maximum Gasteiger partial charge on any atom is 0.140 e. The topological polar surface area (TPSA) is 71.7 Å². The molecule has 1 heterocycles. The lowest BCUT2D eigenvalue weighted by molar-refractivity contribution is 0.624. The predicted molar refractivity (Wildman–Crippen MR) is 130 cm³/mol. The molecule has 3 N–H and O–H groups in total. The average Bonchev–Trinajstić information content (AvgIpc) is 2.94. The van der Waals surface area contributed by atoms with E-state index in [1.807, 2.05) is 36.6 Å². The number of nitriles is 1. The molecular formula is C26H23FN4S. The fourth-order valence-corrected chi connectivity index (χ4v) is 4.88. The maximum atomic E-state index is 13.7. The first kappa shape index (κ1) is 21.7. The van der Waals surface area contributed by atoms with Crippen LogP contribution in [0.2, 0.25) is 0 Å². The highest BCUT2D eigenvalue weighted by Crippen LogP contribution is 2.24. The van der Waals surface area contributed by atoms with Crippen molar-refractivity contribution < 1.29 is 4.39 Å². The third-order valence-corrected chi connectivity index (χ3v) is 6.59. The minimum Gasteiger partial charge on any atom is -0.393 e. The van der Waals surface area contributed by atoms with Gasteiger partial charge in [0.25, 0.3) is 0 Å². The van der Waals surface area contributed by atoms with Crippen molar-refractivity contribution in [2.75, 3.05) is 7.05 Å². The van der Waals surface area contributed by atoms with Crippen molar-refractivity contribution in [3.05, 3.63) is 112 Å². The van der Waals surface area contributed by atoms with Crippen LogP contribution in [0, 0.1) is 21.9 Å². The first-order chi connectivity index (χ1) is 15.6. The Balaban J connectivity index is 1.65. The van der Waals surface area contributed by atoms with Crippen molar-refractivity contribution in [3.8, 4) is 6.07 Å².